The zero-order valence-corrected chi connectivity index (χ0v) is 8.79. The molecule has 0 saturated carbocycles. The summed E-state index contributed by atoms with van der Waals surface area (Å²) in [5.74, 6) is -1.05. The molecule has 0 atom stereocenters. The second-order valence-electron chi connectivity index (χ2n) is 2.72. The maximum absolute atomic E-state index is 12.7. The van der Waals surface area contributed by atoms with Gasteiger partial charge in [-0.1, -0.05) is 23.8 Å². The number of rotatable bonds is 3. The first-order valence-electron chi connectivity index (χ1n) is 4.18. The van der Waals surface area contributed by atoms with Gasteiger partial charge < -0.3 is 4.74 Å². The van der Waals surface area contributed by atoms with Gasteiger partial charge >= 0.3 is 5.97 Å². The minimum absolute atomic E-state index is 0.0461. The van der Waals surface area contributed by atoms with Crippen molar-refractivity contribution in [2.75, 3.05) is 7.11 Å². The molecule has 0 spiro atoms. The first-order valence-corrected chi connectivity index (χ1v) is 4.55. The topological polar surface area (TPSA) is 39.2 Å². The molecule has 1 aromatic rings. The molecule has 0 radical (unpaired) electrons. The molecular formula is C10H9ClFNO2. The predicted octanol–water partition coefficient (Wildman–Crippen LogP) is 2.45. The summed E-state index contributed by atoms with van der Waals surface area (Å²) >= 11 is 5.52. The highest BCUT2D eigenvalue weighted by Gasteiger charge is 2.00. The van der Waals surface area contributed by atoms with Crippen LogP contribution in [-0.2, 0) is 9.53 Å². The summed E-state index contributed by atoms with van der Waals surface area (Å²) in [6.07, 6.45) is 4.70. The molecule has 0 aliphatic carbocycles. The summed E-state index contributed by atoms with van der Waals surface area (Å²) in [6, 6.07) is 1.43. The maximum atomic E-state index is 12.7. The number of nitrogens with zero attached hydrogens (tertiary/aromatic N) is 1. The van der Waals surface area contributed by atoms with Crippen molar-refractivity contribution in [2.24, 2.45) is 0 Å². The van der Waals surface area contributed by atoms with E-state index in [1.807, 2.05) is 0 Å². The molecule has 0 N–H and O–H groups in total. The zero-order valence-electron chi connectivity index (χ0n) is 8.04. The van der Waals surface area contributed by atoms with Crippen LogP contribution in [0.3, 0.4) is 0 Å². The van der Waals surface area contributed by atoms with E-state index in [9.17, 15) is 9.18 Å². The van der Waals surface area contributed by atoms with Gasteiger partial charge in [0.25, 0.3) is 0 Å². The number of carbonyl (C=O) groups is 1. The highest BCUT2D eigenvalue weighted by molar-refractivity contribution is 6.30. The van der Waals surface area contributed by atoms with Gasteiger partial charge in [0.15, 0.2) is 0 Å². The van der Waals surface area contributed by atoms with Gasteiger partial charge in [-0.05, 0) is 11.6 Å². The van der Waals surface area contributed by atoms with E-state index in [0.29, 0.717) is 5.56 Å². The summed E-state index contributed by atoms with van der Waals surface area (Å²) in [6.45, 7) is 0. The molecule has 15 heavy (non-hydrogen) atoms. The second kappa shape index (κ2) is 5.46. The van der Waals surface area contributed by atoms with E-state index in [1.54, 1.807) is 12.2 Å². The first kappa shape index (κ1) is 11.7. The van der Waals surface area contributed by atoms with Crippen molar-refractivity contribution in [3.63, 3.8) is 0 Å². The van der Waals surface area contributed by atoms with Crippen molar-refractivity contribution in [1.82, 2.24) is 4.98 Å². The van der Waals surface area contributed by atoms with Crippen molar-refractivity contribution in [3.05, 3.63) is 34.9 Å². The Morgan fingerprint density at radius 2 is 2.47 bits per heavy atom. The van der Waals surface area contributed by atoms with Gasteiger partial charge in [0.2, 0.25) is 5.95 Å². The Morgan fingerprint density at radius 1 is 1.73 bits per heavy atom. The molecule has 0 aliphatic heterocycles. The standard InChI is InChI=1S/C10H9ClFNO2/c1-15-9(14)4-2-3-7-5-8(11)10(12)13-6-7/h2-3,5-6H,4H2,1H3. The number of aromatic nitrogens is 1. The van der Waals surface area contributed by atoms with E-state index < -0.39 is 5.95 Å². The van der Waals surface area contributed by atoms with Crippen molar-refractivity contribution < 1.29 is 13.9 Å². The molecule has 1 rings (SSSR count). The fourth-order valence-corrected chi connectivity index (χ4v) is 1.08. The van der Waals surface area contributed by atoms with Crippen molar-refractivity contribution in [2.45, 2.75) is 6.42 Å². The Kier molecular flexibility index (Phi) is 4.24. The fourth-order valence-electron chi connectivity index (χ4n) is 0.902. The molecule has 0 aromatic carbocycles. The minimum Gasteiger partial charge on any atom is -0.469 e. The number of hydrogen-bond donors (Lipinski definition) is 0. The fraction of sp³-hybridized carbons (Fsp3) is 0.200. The average molecular weight is 230 g/mol. The van der Waals surface area contributed by atoms with Crippen LogP contribution in [-0.4, -0.2) is 18.1 Å². The highest BCUT2D eigenvalue weighted by Crippen LogP contribution is 2.14. The normalized spacial score (nSPS) is 10.6. The molecular weight excluding hydrogens is 221 g/mol. The zero-order chi connectivity index (χ0) is 11.3. The van der Waals surface area contributed by atoms with Gasteiger partial charge in [-0.15, -0.1) is 0 Å². The number of methoxy groups -OCH3 is 1. The summed E-state index contributed by atoms with van der Waals surface area (Å²) < 4.78 is 17.1. The smallest absolute Gasteiger partial charge is 0.309 e. The van der Waals surface area contributed by atoms with Crippen molar-refractivity contribution in [3.8, 4) is 0 Å². The van der Waals surface area contributed by atoms with Crippen LogP contribution in [0.15, 0.2) is 18.3 Å². The number of hydrogen-bond acceptors (Lipinski definition) is 3. The third-order valence-electron chi connectivity index (χ3n) is 1.64. The van der Waals surface area contributed by atoms with E-state index in [1.165, 1.54) is 19.4 Å². The Morgan fingerprint density at radius 3 is 3.07 bits per heavy atom. The quantitative estimate of drug-likeness (QED) is 0.590. The number of halogens is 2. The summed E-state index contributed by atoms with van der Waals surface area (Å²) in [5.41, 5.74) is 0.630. The molecule has 80 valence electrons. The van der Waals surface area contributed by atoms with E-state index in [0.717, 1.165) is 0 Å². The number of ether oxygens (including phenoxy) is 1. The van der Waals surface area contributed by atoms with Gasteiger partial charge in [0.1, 0.15) is 0 Å². The van der Waals surface area contributed by atoms with Gasteiger partial charge in [0.05, 0.1) is 18.6 Å². The van der Waals surface area contributed by atoms with Crippen LogP contribution in [0.1, 0.15) is 12.0 Å². The number of esters is 1. The van der Waals surface area contributed by atoms with Crippen LogP contribution in [0.2, 0.25) is 5.02 Å². The Balaban J connectivity index is 2.65. The van der Waals surface area contributed by atoms with E-state index in [-0.39, 0.29) is 17.4 Å². The van der Waals surface area contributed by atoms with Crippen LogP contribution < -0.4 is 0 Å². The lowest BCUT2D eigenvalue weighted by molar-refractivity contribution is -0.139. The molecule has 0 bridgehead atoms. The lowest BCUT2D eigenvalue weighted by atomic mass is 10.2. The third kappa shape index (κ3) is 3.67. The number of carbonyl (C=O) groups excluding carboxylic acids is 1. The third-order valence-corrected chi connectivity index (χ3v) is 1.90. The van der Waals surface area contributed by atoms with Gasteiger partial charge in [-0.3, -0.25) is 4.79 Å². The Labute approximate surface area is 91.5 Å². The van der Waals surface area contributed by atoms with Crippen LogP contribution in [0, 0.1) is 5.95 Å². The summed E-state index contributed by atoms with van der Waals surface area (Å²) in [4.78, 5) is 14.2. The van der Waals surface area contributed by atoms with Gasteiger partial charge in [-0.25, -0.2) is 4.98 Å². The molecule has 0 saturated heterocycles. The molecule has 3 nitrogen and oxygen atoms in total. The lowest BCUT2D eigenvalue weighted by Gasteiger charge is -1.95. The first-order chi connectivity index (χ1) is 7.13. The Bertz CT molecular complexity index is 393. The molecule has 0 unspecified atom stereocenters. The maximum Gasteiger partial charge on any atom is 0.309 e. The van der Waals surface area contributed by atoms with Gasteiger partial charge in [-0.2, -0.15) is 4.39 Å². The predicted molar refractivity (Wildman–Crippen MR) is 54.9 cm³/mol. The minimum atomic E-state index is -0.707. The average Bonchev–Trinajstić information content (AvgIpc) is 2.23. The summed E-state index contributed by atoms with van der Waals surface area (Å²) in [5, 5.41) is -0.0461. The summed E-state index contributed by atoms with van der Waals surface area (Å²) in [7, 11) is 1.31. The van der Waals surface area contributed by atoms with Crippen LogP contribution in [0.25, 0.3) is 6.08 Å². The number of pyridine rings is 1. The van der Waals surface area contributed by atoms with Gasteiger partial charge in [0, 0.05) is 6.20 Å². The molecule has 0 amide bonds. The SMILES string of the molecule is COC(=O)CC=Cc1cnc(F)c(Cl)c1. The van der Waals surface area contributed by atoms with E-state index in [4.69, 9.17) is 11.6 Å². The molecule has 5 heteroatoms. The molecule has 0 fully saturated rings. The largest absolute Gasteiger partial charge is 0.469 e. The monoisotopic (exact) mass is 229 g/mol. The molecule has 0 aliphatic rings. The Hall–Kier alpha value is -1.42. The van der Waals surface area contributed by atoms with E-state index in [2.05, 4.69) is 9.72 Å². The van der Waals surface area contributed by atoms with Crippen LogP contribution in [0.4, 0.5) is 4.39 Å². The lowest BCUT2D eigenvalue weighted by Crippen LogP contribution is -1.96. The molecule has 1 aromatic heterocycles. The van der Waals surface area contributed by atoms with E-state index >= 15 is 0 Å². The van der Waals surface area contributed by atoms with Crippen molar-refractivity contribution in [1.29, 1.82) is 0 Å². The second-order valence-corrected chi connectivity index (χ2v) is 3.13. The van der Waals surface area contributed by atoms with Crippen LogP contribution >= 0.6 is 11.6 Å². The van der Waals surface area contributed by atoms with Crippen LogP contribution in [0.5, 0.6) is 0 Å². The highest BCUT2D eigenvalue weighted by atomic mass is 35.5. The molecule has 1 heterocycles. The van der Waals surface area contributed by atoms with Crippen molar-refractivity contribution >= 4 is 23.6 Å².